The summed E-state index contributed by atoms with van der Waals surface area (Å²) in [5, 5.41) is 10.5. The van der Waals surface area contributed by atoms with E-state index in [1.54, 1.807) is 24.1 Å². The maximum Gasteiger partial charge on any atom is 0.246 e. The van der Waals surface area contributed by atoms with E-state index in [1.807, 2.05) is 12.1 Å². The quantitative estimate of drug-likeness (QED) is 0.882. The maximum absolute atomic E-state index is 11.8. The molecule has 1 aromatic heterocycles. The molecule has 1 aliphatic heterocycles. The SMILES string of the molecule is CNC1C(=O)Nc2cc(-n3cc(Cl)cn3)c(Br)cc21. The van der Waals surface area contributed by atoms with E-state index < -0.39 is 0 Å². The molecule has 1 atom stereocenters. The van der Waals surface area contributed by atoms with E-state index >= 15 is 0 Å². The molecule has 1 unspecified atom stereocenters. The van der Waals surface area contributed by atoms with Gasteiger partial charge in [0.05, 0.1) is 16.9 Å². The molecule has 98 valence electrons. The number of hydrogen-bond donors (Lipinski definition) is 2. The van der Waals surface area contributed by atoms with Crippen molar-refractivity contribution in [3.63, 3.8) is 0 Å². The predicted molar refractivity (Wildman–Crippen MR) is 76.7 cm³/mol. The summed E-state index contributed by atoms with van der Waals surface area (Å²) in [5.74, 6) is -0.0555. The molecule has 7 heteroatoms. The number of aromatic nitrogens is 2. The first-order chi connectivity index (χ1) is 9.10. The van der Waals surface area contributed by atoms with Gasteiger partial charge in [-0.1, -0.05) is 11.6 Å². The summed E-state index contributed by atoms with van der Waals surface area (Å²) in [6.07, 6.45) is 3.27. The van der Waals surface area contributed by atoms with Gasteiger partial charge in [-0.3, -0.25) is 4.79 Å². The largest absolute Gasteiger partial charge is 0.324 e. The lowest BCUT2D eigenvalue weighted by molar-refractivity contribution is -0.117. The van der Waals surface area contributed by atoms with E-state index in [-0.39, 0.29) is 11.9 Å². The molecule has 0 spiro atoms. The van der Waals surface area contributed by atoms with Gasteiger partial charge in [-0.15, -0.1) is 0 Å². The van der Waals surface area contributed by atoms with Crippen LogP contribution in [-0.2, 0) is 4.79 Å². The van der Waals surface area contributed by atoms with Crippen molar-refractivity contribution in [2.24, 2.45) is 0 Å². The van der Waals surface area contributed by atoms with E-state index in [9.17, 15) is 4.79 Å². The number of nitrogens with one attached hydrogen (secondary N) is 2. The van der Waals surface area contributed by atoms with Crippen LogP contribution in [0.2, 0.25) is 5.02 Å². The molecule has 5 nitrogen and oxygen atoms in total. The number of benzene rings is 1. The van der Waals surface area contributed by atoms with Crippen molar-refractivity contribution in [1.29, 1.82) is 0 Å². The highest BCUT2D eigenvalue weighted by atomic mass is 79.9. The fourth-order valence-electron chi connectivity index (χ4n) is 2.17. The molecule has 2 aromatic rings. The fraction of sp³-hybridized carbons (Fsp3) is 0.167. The number of fused-ring (bicyclic) bond motifs is 1. The minimum absolute atomic E-state index is 0.0555. The summed E-state index contributed by atoms with van der Waals surface area (Å²) in [7, 11) is 1.76. The number of amides is 1. The van der Waals surface area contributed by atoms with Gasteiger partial charge >= 0.3 is 0 Å². The van der Waals surface area contributed by atoms with Crippen LogP contribution in [0.4, 0.5) is 5.69 Å². The normalized spacial score (nSPS) is 17.4. The zero-order chi connectivity index (χ0) is 13.6. The van der Waals surface area contributed by atoms with Crippen LogP contribution in [0, 0.1) is 0 Å². The zero-order valence-corrected chi connectivity index (χ0v) is 12.3. The van der Waals surface area contributed by atoms with Crippen molar-refractivity contribution in [3.05, 3.63) is 39.6 Å². The van der Waals surface area contributed by atoms with Crippen LogP contribution in [-0.4, -0.2) is 22.7 Å². The molecule has 3 rings (SSSR count). The Morgan fingerprint density at radius 3 is 2.95 bits per heavy atom. The third-order valence-electron chi connectivity index (χ3n) is 3.04. The summed E-state index contributed by atoms with van der Waals surface area (Å²) in [6, 6.07) is 3.47. The second-order valence-corrected chi connectivity index (χ2v) is 5.50. The van der Waals surface area contributed by atoms with E-state index in [1.165, 1.54) is 0 Å². The average Bonchev–Trinajstić information content (AvgIpc) is 2.91. The highest BCUT2D eigenvalue weighted by molar-refractivity contribution is 9.10. The molecule has 2 N–H and O–H groups in total. The summed E-state index contributed by atoms with van der Waals surface area (Å²) in [4.78, 5) is 11.8. The van der Waals surface area contributed by atoms with Crippen LogP contribution < -0.4 is 10.6 Å². The number of hydrogen-bond acceptors (Lipinski definition) is 3. The van der Waals surface area contributed by atoms with Crippen molar-refractivity contribution in [2.75, 3.05) is 12.4 Å². The Hall–Kier alpha value is -1.37. The molecule has 0 radical (unpaired) electrons. The third kappa shape index (κ3) is 2.05. The van der Waals surface area contributed by atoms with Crippen LogP contribution >= 0.6 is 27.5 Å². The third-order valence-corrected chi connectivity index (χ3v) is 3.87. The Morgan fingerprint density at radius 2 is 2.32 bits per heavy atom. The lowest BCUT2D eigenvalue weighted by Crippen LogP contribution is -2.23. The summed E-state index contributed by atoms with van der Waals surface area (Å²) < 4.78 is 2.51. The van der Waals surface area contributed by atoms with Crippen molar-refractivity contribution in [1.82, 2.24) is 15.1 Å². The number of anilines is 1. The second-order valence-electron chi connectivity index (χ2n) is 4.20. The molecular formula is C12H10BrClN4O. The van der Waals surface area contributed by atoms with Gasteiger partial charge in [-0.25, -0.2) is 4.68 Å². The minimum atomic E-state index is -0.318. The monoisotopic (exact) mass is 340 g/mol. The lowest BCUT2D eigenvalue weighted by Gasteiger charge is -2.10. The molecule has 2 heterocycles. The van der Waals surface area contributed by atoms with E-state index in [2.05, 4.69) is 31.7 Å². The van der Waals surface area contributed by atoms with Gasteiger partial charge in [0.1, 0.15) is 6.04 Å². The number of halogens is 2. The van der Waals surface area contributed by atoms with Crippen molar-refractivity contribution < 1.29 is 4.79 Å². The first kappa shape index (κ1) is 12.7. The maximum atomic E-state index is 11.8. The number of likely N-dealkylation sites (N-methyl/N-ethyl adjacent to an activating group) is 1. The number of carbonyl (C=O) groups excluding carboxylic acids is 1. The van der Waals surface area contributed by atoms with Gasteiger partial charge in [0.15, 0.2) is 0 Å². The van der Waals surface area contributed by atoms with Crippen molar-refractivity contribution >= 4 is 39.1 Å². The van der Waals surface area contributed by atoms with Gasteiger partial charge < -0.3 is 10.6 Å². The molecule has 19 heavy (non-hydrogen) atoms. The summed E-state index contributed by atoms with van der Waals surface area (Å²) >= 11 is 9.37. The Morgan fingerprint density at radius 1 is 1.53 bits per heavy atom. The van der Waals surface area contributed by atoms with E-state index in [4.69, 9.17) is 11.6 Å². The Balaban J connectivity index is 2.12. The van der Waals surface area contributed by atoms with Crippen LogP contribution in [0.25, 0.3) is 5.69 Å². The molecule has 1 amide bonds. The van der Waals surface area contributed by atoms with Crippen LogP contribution in [0.3, 0.4) is 0 Å². The molecule has 1 aromatic carbocycles. The van der Waals surface area contributed by atoms with Gasteiger partial charge in [-0.05, 0) is 35.1 Å². The lowest BCUT2D eigenvalue weighted by atomic mass is 10.1. The smallest absolute Gasteiger partial charge is 0.246 e. The van der Waals surface area contributed by atoms with Gasteiger partial charge in [-0.2, -0.15) is 5.10 Å². The van der Waals surface area contributed by atoms with Crippen LogP contribution in [0.5, 0.6) is 0 Å². The number of rotatable bonds is 2. The Bertz CT molecular complexity index is 670. The minimum Gasteiger partial charge on any atom is -0.324 e. The molecule has 0 fully saturated rings. The van der Waals surface area contributed by atoms with Crippen molar-refractivity contribution in [2.45, 2.75) is 6.04 Å². The summed E-state index contributed by atoms with van der Waals surface area (Å²) in [6.45, 7) is 0. The first-order valence-electron chi connectivity index (χ1n) is 5.62. The standard InChI is InChI=1S/C12H10BrClN4O/c1-15-11-7-2-8(13)10(3-9(7)17-12(11)19)18-5-6(14)4-16-18/h2-5,11,15H,1H3,(H,17,19). The highest BCUT2D eigenvalue weighted by Gasteiger charge is 2.30. The predicted octanol–water partition coefficient (Wildman–Crippen LogP) is 2.50. The van der Waals surface area contributed by atoms with Gasteiger partial charge in [0, 0.05) is 21.9 Å². The number of carbonyl (C=O) groups is 1. The first-order valence-corrected chi connectivity index (χ1v) is 6.79. The fourth-order valence-corrected chi connectivity index (χ4v) is 2.84. The topological polar surface area (TPSA) is 59.0 Å². The van der Waals surface area contributed by atoms with Crippen LogP contribution in [0.1, 0.15) is 11.6 Å². The molecule has 0 aliphatic carbocycles. The van der Waals surface area contributed by atoms with Crippen LogP contribution in [0.15, 0.2) is 29.0 Å². The zero-order valence-electron chi connectivity index (χ0n) is 9.95. The van der Waals surface area contributed by atoms with Gasteiger partial charge in [0.2, 0.25) is 5.91 Å². The average molecular weight is 342 g/mol. The molecule has 0 bridgehead atoms. The summed E-state index contributed by atoms with van der Waals surface area (Å²) in [5.41, 5.74) is 2.53. The van der Waals surface area contributed by atoms with E-state index in [0.717, 1.165) is 21.4 Å². The van der Waals surface area contributed by atoms with Crippen molar-refractivity contribution in [3.8, 4) is 5.69 Å². The molecule has 0 saturated carbocycles. The molecular weight excluding hydrogens is 332 g/mol. The molecule has 1 aliphatic rings. The number of nitrogens with zero attached hydrogens (tertiary/aromatic N) is 2. The Labute approximate surface area is 123 Å². The van der Waals surface area contributed by atoms with E-state index in [0.29, 0.717) is 5.02 Å². The second kappa shape index (κ2) is 4.63. The molecule has 0 saturated heterocycles. The Kier molecular flexibility index (Phi) is 3.08. The van der Waals surface area contributed by atoms with Gasteiger partial charge in [0.25, 0.3) is 0 Å². The highest BCUT2D eigenvalue weighted by Crippen LogP contribution is 2.36.